The summed E-state index contributed by atoms with van der Waals surface area (Å²) < 4.78 is 29.9. The molecule has 0 aromatic rings. The van der Waals surface area contributed by atoms with Gasteiger partial charge in [0, 0.05) is 19.1 Å². The maximum absolute atomic E-state index is 12.4. The van der Waals surface area contributed by atoms with Gasteiger partial charge >= 0.3 is 0 Å². The average Bonchev–Trinajstić information content (AvgIpc) is 2.03. The van der Waals surface area contributed by atoms with Crippen molar-refractivity contribution in [3.8, 4) is 0 Å². The molecule has 1 aliphatic rings. The van der Waals surface area contributed by atoms with Crippen LogP contribution in [0.1, 0.15) is 20.8 Å². The number of alkyl halides is 2. The molecule has 1 aliphatic heterocycles. The predicted octanol–water partition coefficient (Wildman–Crippen LogP) is 1.75. The second-order valence-corrected chi connectivity index (χ2v) is 3.87. The van der Waals surface area contributed by atoms with Crippen molar-refractivity contribution in [1.82, 2.24) is 4.90 Å². The lowest BCUT2D eigenvalue weighted by atomic mass is 10.2. The molecule has 13 heavy (non-hydrogen) atoms. The lowest BCUT2D eigenvalue weighted by Crippen LogP contribution is -2.51. The Bertz CT molecular complexity index is 148. The van der Waals surface area contributed by atoms with Gasteiger partial charge in [-0.1, -0.05) is 0 Å². The molecule has 0 spiro atoms. The molecule has 0 amide bonds. The third-order valence-corrected chi connectivity index (χ3v) is 2.32. The predicted molar refractivity (Wildman–Crippen MR) is 47.0 cm³/mol. The van der Waals surface area contributed by atoms with E-state index in [1.165, 1.54) is 0 Å². The van der Waals surface area contributed by atoms with Gasteiger partial charge in [-0.2, -0.15) is 0 Å². The van der Waals surface area contributed by atoms with Crippen LogP contribution in [-0.4, -0.2) is 42.7 Å². The Labute approximate surface area is 77.9 Å². The molecule has 1 fully saturated rings. The molecule has 0 aliphatic carbocycles. The number of hydrogen-bond acceptors (Lipinski definition) is 2. The van der Waals surface area contributed by atoms with Crippen LogP contribution in [0.25, 0.3) is 0 Å². The average molecular weight is 193 g/mol. The Hall–Kier alpha value is -0.220. The summed E-state index contributed by atoms with van der Waals surface area (Å²) in [5.41, 5.74) is 0. The highest BCUT2D eigenvalue weighted by Gasteiger charge is 2.32. The summed E-state index contributed by atoms with van der Waals surface area (Å²) in [5.74, 6) is 0. The van der Waals surface area contributed by atoms with Crippen molar-refractivity contribution in [3.05, 3.63) is 0 Å². The number of halogens is 2. The summed E-state index contributed by atoms with van der Waals surface area (Å²) in [5, 5.41) is 0. The monoisotopic (exact) mass is 193 g/mol. The molecule has 0 aromatic carbocycles. The zero-order valence-electron chi connectivity index (χ0n) is 8.34. The molecular formula is C9H17F2NO. The van der Waals surface area contributed by atoms with E-state index in [0.717, 1.165) is 6.54 Å². The Morgan fingerprint density at radius 2 is 1.92 bits per heavy atom. The molecule has 1 saturated heterocycles. The van der Waals surface area contributed by atoms with Crippen molar-refractivity contribution in [3.63, 3.8) is 0 Å². The van der Waals surface area contributed by atoms with Crippen molar-refractivity contribution >= 4 is 0 Å². The molecule has 1 rings (SSSR count). The highest BCUT2D eigenvalue weighted by atomic mass is 19.3. The second-order valence-electron chi connectivity index (χ2n) is 3.87. The summed E-state index contributed by atoms with van der Waals surface area (Å²) in [6.45, 7) is 6.96. The minimum Gasteiger partial charge on any atom is -0.367 e. The van der Waals surface area contributed by atoms with Gasteiger partial charge in [0.05, 0.1) is 6.10 Å². The highest BCUT2D eigenvalue weighted by molar-refractivity contribution is 4.79. The molecule has 0 radical (unpaired) electrons. The summed E-state index contributed by atoms with van der Waals surface area (Å²) >= 11 is 0. The van der Waals surface area contributed by atoms with Crippen molar-refractivity contribution in [1.29, 1.82) is 0 Å². The van der Waals surface area contributed by atoms with E-state index in [4.69, 9.17) is 4.74 Å². The van der Waals surface area contributed by atoms with E-state index >= 15 is 0 Å². The van der Waals surface area contributed by atoms with Crippen molar-refractivity contribution in [2.24, 2.45) is 0 Å². The van der Waals surface area contributed by atoms with Crippen molar-refractivity contribution in [2.75, 3.05) is 13.1 Å². The minimum absolute atomic E-state index is 0.0878. The van der Waals surface area contributed by atoms with Crippen molar-refractivity contribution < 1.29 is 13.5 Å². The Morgan fingerprint density at radius 1 is 1.31 bits per heavy atom. The fraction of sp³-hybridized carbons (Fsp3) is 1.00. The first-order valence-corrected chi connectivity index (χ1v) is 4.68. The van der Waals surface area contributed by atoms with Crippen LogP contribution >= 0.6 is 0 Å². The van der Waals surface area contributed by atoms with Gasteiger partial charge in [0.25, 0.3) is 6.43 Å². The van der Waals surface area contributed by atoms with E-state index in [1.54, 1.807) is 0 Å². The van der Waals surface area contributed by atoms with E-state index in [0.29, 0.717) is 12.6 Å². The third kappa shape index (κ3) is 2.88. The Balaban J connectivity index is 2.52. The summed E-state index contributed by atoms with van der Waals surface area (Å²) in [4.78, 5) is 2.03. The largest absolute Gasteiger partial charge is 0.367 e. The number of rotatable bonds is 2. The Morgan fingerprint density at radius 3 is 2.38 bits per heavy atom. The van der Waals surface area contributed by atoms with Crippen LogP contribution in [0.3, 0.4) is 0 Å². The molecule has 2 atom stereocenters. The van der Waals surface area contributed by atoms with Gasteiger partial charge < -0.3 is 4.74 Å². The van der Waals surface area contributed by atoms with E-state index in [-0.39, 0.29) is 6.10 Å². The number of nitrogens with zero attached hydrogens (tertiary/aromatic N) is 1. The van der Waals surface area contributed by atoms with Crippen LogP contribution in [0.15, 0.2) is 0 Å². The molecule has 0 aromatic heterocycles. The summed E-state index contributed by atoms with van der Waals surface area (Å²) in [6.07, 6.45) is -3.37. The Kier molecular flexibility index (Phi) is 3.62. The normalized spacial score (nSPS) is 31.6. The van der Waals surface area contributed by atoms with Crippen LogP contribution in [0.2, 0.25) is 0 Å². The number of hydrogen-bond donors (Lipinski definition) is 0. The molecule has 4 heteroatoms. The van der Waals surface area contributed by atoms with Crippen LogP contribution in [0, 0.1) is 0 Å². The standard InChI is InChI=1S/C9H17F2NO/c1-6(2)12-4-7(3)13-8(5-12)9(10)11/h6-9H,4-5H2,1-3H3/t7-,8+/m1/s1. The molecular weight excluding hydrogens is 176 g/mol. The van der Waals surface area contributed by atoms with Crippen LogP contribution in [0.4, 0.5) is 8.78 Å². The molecule has 2 nitrogen and oxygen atoms in total. The highest BCUT2D eigenvalue weighted by Crippen LogP contribution is 2.18. The van der Waals surface area contributed by atoms with E-state index in [1.807, 2.05) is 25.7 Å². The molecule has 0 saturated carbocycles. The van der Waals surface area contributed by atoms with Crippen LogP contribution < -0.4 is 0 Å². The van der Waals surface area contributed by atoms with Gasteiger partial charge in [-0.05, 0) is 20.8 Å². The quantitative estimate of drug-likeness (QED) is 0.662. The number of morpholine rings is 1. The fourth-order valence-corrected chi connectivity index (χ4v) is 1.58. The number of ether oxygens (including phenoxy) is 1. The van der Waals surface area contributed by atoms with Gasteiger partial charge in [-0.3, -0.25) is 4.90 Å². The molecule has 0 N–H and O–H groups in total. The molecule has 1 heterocycles. The zero-order valence-corrected chi connectivity index (χ0v) is 8.34. The van der Waals surface area contributed by atoms with Gasteiger partial charge in [-0.25, -0.2) is 8.78 Å². The van der Waals surface area contributed by atoms with Gasteiger partial charge in [0.2, 0.25) is 0 Å². The third-order valence-electron chi connectivity index (χ3n) is 2.32. The topological polar surface area (TPSA) is 12.5 Å². The first-order valence-electron chi connectivity index (χ1n) is 4.68. The fourth-order valence-electron chi connectivity index (χ4n) is 1.58. The van der Waals surface area contributed by atoms with Gasteiger partial charge in [0.15, 0.2) is 0 Å². The van der Waals surface area contributed by atoms with Gasteiger partial charge in [0.1, 0.15) is 6.10 Å². The maximum atomic E-state index is 12.4. The van der Waals surface area contributed by atoms with E-state index in [9.17, 15) is 8.78 Å². The smallest absolute Gasteiger partial charge is 0.265 e. The van der Waals surface area contributed by atoms with E-state index < -0.39 is 12.5 Å². The van der Waals surface area contributed by atoms with E-state index in [2.05, 4.69) is 0 Å². The summed E-state index contributed by atoms with van der Waals surface area (Å²) in [7, 11) is 0. The van der Waals surface area contributed by atoms with Crippen molar-refractivity contribution in [2.45, 2.75) is 45.4 Å². The first-order chi connectivity index (χ1) is 6.00. The van der Waals surface area contributed by atoms with Gasteiger partial charge in [-0.15, -0.1) is 0 Å². The zero-order chi connectivity index (χ0) is 10.0. The minimum atomic E-state index is -2.37. The molecule has 0 unspecified atom stereocenters. The summed E-state index contributed by atoms with van der Waals surface area (Å²) in [6, 6.07) is 0.313. The second kappa shape index (κ2) is 4.33. The maximum Gasteiger partial charge on any atom is 0.265 e. The van der Waals surface area contributed by atoms with Crippen LogP contribution in [0.5, 0.6) is 0 Å². The molecule has 78 valence electrons. The lowest BCUT2D eigenvalue weighted by Gasteiger charge is -2.38. The first kappa shape index (κ1) is 10.9. The SMILES string of the molecule is CC(C)N1C[C@@H](C)O[C@H](C(F)F)C1. The van der Waals surface area contributed by atoms with Crippen LogP contribution in [-0.2, 0) is 4.74 Å². The lowest BCUT2D eigenvalue weighted by molar-refractivity contribution is -0.140. The molecule has 0 bridgehead atoms.